The highest BCUT2D eigenvalue weighted by Gasteiger charge is 2.14. The van der Waals surface area contributed by atoms with Gasteiger partial charge in [0.25, 0.3) is 0 Å². The second-order valence-corrected chi connectivity index (χ2v) is 7.43. The van der Waals surface area contributed by atoms with Crippen LogP contribution in [0.15, 0.2) is 84.9 Å². The van der Waals surface area contributed by atoms with Gasteiger partial charge in [-0.1, -0.05) is 67.6 Å². The van der Waals surface area contributed by atoms with Gasteiger partial charge < -0.3 is 15.4 Å². The van der Waals surface area contributed by atoms with Crippen molar-refractivity contribution in [2.75, 3.05) is 31.1 Å². The number of anilines is 1. The summed E-state index contributed by atoms with van der Waals surface area (Å²) in [7, 11) is 0. The Morgan fingerprint density at radius 2 is 1.41 bits per heavy atom. The van der Waals surface area contributed by atoms with Crippen molar-refractivity contribution in [3.63, 3.8) is 0 Å². The number of halogens is 1. The van der Waals surface area contributed by atoms with Crippen molar-refractivity contribution in [1.82, 2.24) is 4.90 Å². The number of rotatable bonds is 11. The van der Waals surface area contributed by atoms with E-state index in [4.69, 9.17) is 10.5 Å². The molecule has 0 spiro atoms. The third-order valence-corrected chi connectivity index (χ3v) is 5.31. The van der Waals surface area contributed by atoms with E-state index in [9.17, 15) is 4.79 Å². The minimum absolute atomic E-state index is 0. The van der Waals surface area contributed by atoms with Crippen molar-refractivity contribution in [2.24, 2.45) is 5.73 Å². The molecule has 0 saturated heterocycles. The third-order valence-electron chi connectivity index (χ3n) is 5.31. The molecule has 0 aliphatic heterocycles. The number of urea groups is 1. The molecule has 170 valence electrons. The van der Waals surface area contributed by atoms with Gasteiger partial charge in [-0.15, -0.1) is 17.0 Å². The molecule has 3 rings (SSSR count). The van der Waals surface area contributed by atoms with Crippen molar-refractivity contribution in [3.05, 3.63) is 96.1 Å². The van der Waals surface area contributed by atoms with Crippen LogP contribution in [0, 0.1) is 0 Å². The lowest BCUT2D eigenvalue weighted by molar-refractivity contribution is 0.250. The Morgan fingerprint density at radius 1 is 0.812 bits per heavy atom. The van der Waals surface area contributed by atoms with E-state index >= 15 is 0 Å². The van der Waals surface area contributed by atoms with Gasteiger partial charge in [-0.2, -0.15) is 0 Å². The van der Waals surface area contributed by atoms with Crippen molar-refractivity contribution in [2.45, 2.75) is 20.0 Å². The van der Waals surface area contributed by atoms with Crippen molar-refractivity contribution in [1.29, 1.82) is 0 Å². The number of carbonyl (C=O) groups is 1. The van der Waals surface area contributed by atoms with Gasteiger partial charge >= 0.3 is 6.03 Å². The molecular weight excluding hydrogens is 466 g/mol. The quantitative estimate of drug-likeness (QED) is 0.391. The Bertz CT molecular complexity index is 921. The molecule has 2 N–H and O–H groups in total. The molecule has 0 heterocycles. The van der Waals surface area contributed by atoms with E-state index in [1.54, 1.807) is 4.90 Å². The number of nitrogens with two attached hydrogens (primary N) is 1. The molecule has 0 bridgehead atoms. The first-order chi connectivity index (χ1) is 15.2. The number of amides is 2. The topological polar surface area (TPSA) is 58.8 Å². The van der Waals surface area contributed by atoms with E-state index in [1.165, 1.54) is 5.56 Å². The normalized spacial score (nSPS) is 10.4. The summed E-state index contributed by atoms with van der Waals surface area (Å²) in [6, 6.07) is 27.5. The molecular formula is C26H32BrN3O2. The van der Waals surface area contributed by atoms with Crippen LogP contribution in [0.25, 0.3) is 0 Å². The van der Waals surface area contributed by atoms with Crippen LogP contribution < -0.4 is 15.4 Å². The first kappa shape index (κ1) is 25.4. The fraction of sp³-hybridized carbons (Fsp3) is 0.269. The van der Waals surface area contributed by atoms with E-state index in [1.807, 2.05) is 60.7 Å². The summed E-state index contributed by atoms with van der Waals surface area (Å²) in [5.74, 6) is 0.759. The lowest BCUT2D eigenvalue weighted by Crippen LogP contribution is -2.42. The van der Waals surface area contributed by atoms with Crippen LogP contribution in [0.3, 0.4) is 0 Å². The molecule has 0 aromatic heterocycles. The standard InChI is InChI=1S/C26H31N3O2.BrH/c1-2-28(18-17-22-9-5-3-6-10-22)19-20-29(26(27)30)24-13-15-25(16-14-24)31-21-23-11-7-4-8-12-23;/h3-16H,2,17-21H2,1H3,(H2,27,30);1H. The number of primary amides is 1. The van der Waals surface area contributed by atoms with Gasteiger partial charge in [0.15, 0.2) is 0 Å². The van der Waals surface area contributed by atoms with Gasteiger partial charge in [-0.25, -0.2) is 4.79 Å². The fourth-order valence-corrected chi connectivity index (χ4v) is 3.43. The molecule has 0 aliphatic rings. The number of hydrogen-bond donors (Lipinski definition) is 1. The van der Waals surface area contributed by atoms with E-state index in [-0.39, 0.29) is 17.0 Å². The molecule has 0 unspecified atom stereocenters. The highest BCUT2D eigenvalue weighted by molar-refractivity contribution is 8.93. The maximum atomic E-state index is 12.1. The average molecular weight is 498 g/mol. The SMILES string of the molecule is Br.CCN(CCc1ccccc1)CCN(C(N)=O)c1ccc(OCc2ccccc2)cc1. The Labute approximate surface area is 201 Å². The highest BCUT2D eigenvalue weighted by atomic mass is 79.9. The number of carbonyl (C=O) groups excluding carboxylic acids is 1. The predicted octanol–water partition coefficient (Wildman–Crippen LogP) is 5.29. The second-order valence-electron chi connectivity index (χ2n) is 7.43. The van der Waals surface area contributed by atoms with Gasteiger partial charge in [-0.05, 0) is 48.4 Å². The van der Waals surface area contributed by atoms with Crippen LogP contribution in [0.2, 0.25) is 0 Å². The molecule has 0 radical (unpaired) electrons. The molecule has 0 saturated carbocycles. The molecule has 32 heavy (non-hydrogen) atoms. The largest absolute Gasteiger partial charge is 0.489 e. The van der Waals surface area contributed by atoms with E-state index in [2.05, 4.69) is 36.1 Å². The van der Waals surface area contributed by atoms with Crippen molar-refractivity contribution < 1.29 is 9.53 Å². The summed E-state index contributed by atoms with van der Waals surface area (Å²) in [6.07, 6.45) is 0.985. The number of ether oxygens (including phenoxy) is 1. The van der Waals surface area contributed by atoms with Crippen molar-refractivity contribution >= 4 is 28.7 Å². The number of likely N-dealkylation sites (N-methyl/N-ethyl adjacent to an activating group) is 1. The molecule has 5 nitrogen and oxygen atoms in total. The van der Waals surface area contributed by atoms with Crippen LogP contribution in [0.5, 0.6) is 5.75 Å². The lowest BCUT2D eigenvalue weighted by Gasteiger charge is -2.26. The summed E-state index contributed by atoms with van der Waals surface area (Å²) < 4.78 is 5.83. The van der Waals surface area contributed by atoms with E-state index in [0.717, 1.165) is 43.1 Å². The zero-order chi connectivity index (χ0) is 21.9. The number of benzene rings is 3. The Morgan fingerprint density at radius 3 is 1.97 bits per heavy atom. The molecule has 2 amide bonds. The van der Waals surface area contributed by atoms with Gasteiger partial charge in [0, 0.05) is 25.3 Å². The average Bonchev–Trinajstić information content (AvgIpc) is 2.81. The Balaban J connectivity index is 0.00000363. The first-order valence-electron chi connectivity index (χ1n) is 10.8. The predicted molar refractivity (Wildman–Crippen MR) is 137 cm³/mol. The molecule has 3 aromatic carbocycles. The molecule has 3 aromatic rings. The van der Waals surface area contributed by atoms with Gasteiger partial charge in [0.1, 0.15) is 12.4 Å². The monoisotopic (exact) mass is 497 g/mol. The van der Waals surface area contributed by atoms with Gasteiger partial charge in [0.05, 0.1) is 0 Å². The van der Waals surface area contributed by atoms with Crippen molar-refractivity contribution in [3.8, 4) is 5.75 Å². The molecule has 0 fully saturated rings. The minimum Gasteiger partial charge on any atom is -0.489 e. The maximum absolute atomic E-state index is 12.1. The summed E-state index contributed by atoms with van der Waals surface area (Å²) in [6.45, 7) is 5.82. The van der Waals surface area contributed by atoms with Crippen LogP contribution in [-0.2, 0) is 13.0 Å². The minimum atomic E-state index is -0.447. The zero-order valence-corrected chi connectivity index (χ0v) is 20.2. The van der Waals surface area contributed by atoms with Crippen LogP contribution in [-0.4, -0.2) is 37.1 Å². The maximum Gasteiger partial charge on any atom is 0.319 e. The summed E-state index contributed by atoms with van der Waals surface area (Å²) >= 11 is 0. The first-order valence-corrected chi connectivity index (χ1v) is 10.8. The van der Waals surface area contributed by atoms with Gasteiger partial charge in [0.2, 0.25) is 0 Å². The summed E-state index contributed by atoms with van der Waals surface area (Å²) in [4.78, 5) is 16.0. The Kier molecular flexibility index (Phi) is 10.8. The zero-order valence-electron chi connectivity index (χ0n) is 18.5. The Hall–Kier alpha value is -2.83. The molecule has 6 heteroatoms. The molecule has 0 aliphatic carbocycles. The fourth-order valence-electron chi connectivity index (χ4n) is 3.43. The molecule has 0 atom stereocenters. The van der Waals surface area contributed by atoms with E-state index < -0.39 is 6.03 Å². The third kappa shape index (κ3) is 8.02. The lowest BCUT2D eigenvalue weighted by atomic mass is 10.1. The summed E-state index contributed by atoms with van der Waals surface area (Å²) in [5.41, 5.74) is 8.88. The van der Waals surface area contributed by atoms with Gasteiger partial charge in [-0.3, -0.25) is 4.90 Å². The van der Waals surface area contributed by atoms with Crippen LogP contribution in [0.4, 0.5) is 10.5 Å². The van der Waals surface area contributed by atoms with Crippen LogP contribution >= 0.6 is 17.0 Å². The van der Waals surface area contributed by atoms with Crippen LogP contribution in [0.1, 0.15) is 18.1 Å². The smallest absolute Gasteiger partial charge is 0.319 e. The number of nitrogens with zero attached hydrogens (tertiary/aromatic N) is 2. The highest BCUT2D eigenvalue weighted by Crippen LogP contribution is 2.20. The van der Waals surface area contributed by atoms with E-state index in [0.29, 0.717) is 13.2 Å². The number of hydrogen-bond acceptors (Lipinski definition) is 3. The second kappa shape index (κ2) is 13.6. The summed E-state index contributed by atoms with van der Waals surface area (Å²) in [5, 5.41) is 0.